The molecule has 0 heterocycles. The minimum absolute atomic E-state index is 0.0126. The second-order valence-electron chi connectivity index (χ2n) is 6.20. The zero-order chi connectivity index (χ0) is 21.7. The number of amides is 1. The first-order chi connectivity index (χ1) is 14.3. The number of hydrogen-bond donors (Lipinski definition) is 1. The van der Waals surface area contributed by atoms with E-state index < -0.39 is 22.5 Å². The van der Waals surface area contributed by atoms with Gasteiger partial charge in [-0.05, 0) is 48.5 Å². The molecule has 9 heteroatoms. The third kappa shape index (κ3) is 4.93. The number of ether oxygens (including phenoxy) is 1. The molecule has 1 N–H and O–H groups in total. The predicted octanol–water partition coefficient (Wildman–Crippen LogP) is 4.37. The number of alkyl halides is 2. The van der Waals surface area contributed by atoms with E-state index in [1.807, 2.05) is 0 Å². The second kappa shape index (κ2) is 8.91. The lowest BCUT2D eigenvalue weighted by Crippen LogP contribution is -2.26. The summed E-state index contributed by atoms with van der Waals surface area (Å²) in [4.78, 5) is 12.4. The van der Waals surface area contributed by atoms with Crippen molar-refractivity contribution in [1.82, 2.24) is 0 Å². The van der Waals surface area contributed by atoms with Crippen LogP contribution in [0.3, 0.4) is 0 Å². The number of hydrogen-bond acceptors (Lipinski definition) is 4. The number of carbonyl (C=O) groups is 1. The number of para-hydroxylation sites is 1. The van der Waals surface area contributed by atoms with Crippen molar-refractivity contribution in [3.63, 3.8) is 0 Å². The van der Waals surface area contributed by atoms with Crippen molar-refractivity contribution in [3.05, 3.63) is 84.4 Å². The number of halogens is 2. The smallest absolute Gasteiger partial charge is 0.387 e. The van der Waals surface area contributed by atoms with Gasteiger partial charge in [0.05, 0.1) is 10.6 Å². The van der Waals surface area contributed by atoms with Gasteiger partial charge in [-0.2, -0.15) is 8.78 Å². The fraction of sp³-hybridized carbons (Fsp3) is 0.0952. The van der Waals surface area contributed by atoms with Crippen LogP contribution in [0.1, 0.15) is 10.4 Å². The quantitative estimate of drug-likeness (QED) is 0.602. The molecule has 6 nitrogen and oxygen atoms in total. The first-order valence-corrected chi connectivity index (χ1v) is 10.2. The lowest BCUT2D eigenvalue weighted by atomic mass is 10.2. The Morgan fingerprint density at radius 1 is 0.967 bits per heavy atom. The molecule has 0 aliphatic heterocycles. The predicted molar refractivity (Wildman–Crippen MR) is 110 cm³/mol. The SMILES string of the molecule is CN(c1ccccc1)S(=O)(=O)c1cccc(NC(=O)c2cccc(OC(F)F)c2)c1. The molecule has 0 saturated heterocycles. The topological polar surface area (TPSA) is 75.7 Å². The van der Waals surface area contributed by atoms with E-state index >= 15 is 0 Å². The maximum absolute atomic E-state index is 12.9. The maximum Gasteiger partial charge on any atom is 0.387 e. The van der Waals surface area contributed by atoms with E-state index in [9.17, 15) is 22.0 Å². The van der Waals surface area contributed by atoms with Crippen LogP contribution in [0.15, 0.2) is 83.8 Å². The average molecular weight is 432 g/mol. The average Bonchev–Trinajstić information content (AvgIpc) is 2.73. The largest absolute Gasteiger partial charge is 0.435 e. The third-order valence-electron chi connectivity index (χ3n) is 4.19. The Bertz CT molecular complexity index is 1140. The summed E-state index contributed by atoms with van der Waals surface area (Å²) >= 11 is 0. The summed E-state index contributed by atoms with van der Waals surface area (Å²) in [5.74, 6) is -0.751. The molecule has 30 heavy (non-hydrogen) atoms. The number of rotatable bonds is 7. The Kier molecular flexibility index (Phi) is 6.31. The van der Waals surface area contributed by atoms with Crippen molar-refractivity contribution < 1.29 is 26.7 Å². The lowest BCUT2D eigenvalue weighted by Gasteiger charge is -2.20. The molecular weight excluding hydrogens is 414 g/mol. The highest BCUT2D eigenvalue weighted by atomic mass is 32.2. The van der Waals surface area contributed by atoms with Crippen molar-refractivity contribution in [2.75, 3.05) is 16.7 Å². The van der Waals surface area contributed by atoms with E-state index in [4.69, 9.17) is 0 Å². The summed E-state index contributed by atoms with van der Waals surface area (Å²) in [5.41, 5.74) is 0.813. The Labute approximate surface area is 172 Å². The summed E-state index contributed by atoms with van der Waals surface area (Å²) in [6.45, 7) is -3.01. The Hall–Kier alpha value is -3.46. The maximum atomic E-state index is 12.9. The number of nitrogens with zero attached hydrogens (tertiary/aromatic N) is 1. The van der Waals surface area contributed by atoms with Gasteiger partial charge in [0.15, 0.2) is 0 Å². The highest BCUT2D eigenvalue weighted by Crippen LogP contribution is 2.24. The molecule has 3 aromatic rings. The van der Waals surface area contributed by atoms with Gasteiger partial charge < -0.3 is 10.1 Å². The third-order valence-corrected chi connectivity index (χ3v) is 5.97. The first kappa shape index (κ1) is 21.3. The molecule has 0 atom stereocenters. The molecule has 0 aromatic heterocycles. The molecule has 0 fully saturated rings. The lowest BCUT2D eigenvalue weighted by molar-refractivity contribution is -0.0498. The van der Waals surface area contributed by atoms with Crippen molar-refractivity contribution in [2.24, 2.45) is 0 Å². The molecule has 0 bridgehead atoms. The number of sulfonamides is 1. The first-order valence-electron chi connectivity index (χ1n) is 8.77. The van der Waals surface area contributed by atoms with Crippen LogP contribution < -0.4 is 14.4 Å². The number of benzene rings is 3. The highest BCUT2D eigenvalue weighted by Gasteiger charge is 2.21. The van der Waals surface area contributed by atoms with Gasteiger partial charge in [0.25, 0.3) is 15.9 Å². The molecular formula is C21H18F2N2O4S. The molecule has 0 spiro atoms. The van der Waals surface area contributed by atoms with E-state index in [1.54, 1.807) is 30.3 Å². The normalized spacial score (nSPS) is 11.2. The van der Waals surface area contributed by atoms with Gasteiger partial charge in [-0.25, -0.2) is 8.42 Å². The number of carbonyl (C=O) groups excluding carboxylic acids is 1. The van der Waals surface area contributed by atoms with Gasteiger partial charge >= 0.3 is 6.61 Å². The summed E-state index contributed by atoms with van der Waals surface area (Å²) in [5, 5.41) is 2.56. The van der Waals surface area contributed by atoms with Crippen LogP contribution in [0.25, 0.3) is 0 Å². The van der Waals surface area contributed by atoms with Crippen LogP contribution in [-0.4, -0.2) is 28.0 Å². The minimum Gasteiger partial charge on any atom is -0.435 e. The Morgan fingerprint density at radius 2 is 1.67 bits per heavy atom. The van der Waals surface area contributed by atoms with Gasteiger partial charge in [-0.1, -0.05) is 30.3 Å². The molecule has 0 aliphatic carbocycles. The summed E-state index contributed by atoms with van der Waals surface area (Å²) < 4.78 is 56.0. The van der Waals surface area contributed by atoms with E-state index in [2.05, 4.69) is 10.1 Å². The van der Waals surface area contributed by atoms with Crippen LogP contribution >= 0.6 is 0 Å². The van der Waals surface area contributed by atoms with Crippen molar-refractivity contribution in [2.45, 2.75) is 11.5 Å². The molecule has 3 aromatic carbocycles. The molecule has 0 saturated carbocycles. The van der Waals surface area contributed by atoms with Crippen molar-refractivity contribution >= 4 is 27.3 Å². The number of anilines is 2. The van der Waals surface area contributed by atoms with Crippen LogP contribution in [0.5, 0.6) is 5.75 Å². The fourth-order valence-corrected chi connectivity index (χ4v) is 3.93. The van der Waals surface area contributed by atoms with Crippen LogP contribution in [0.2, 0.25) is 0 Å². The van der Waals surface area contributed by atoms with Crippen molar-refractivity contribution in [3.8, 4) is 5.75 Å². The van der Waals surface area contributed by atoms with Crippen molar-refractivity contribution in [1.29, 1.82) is 0 Å². The molecule has 156 valence electrons. The van der Waals surface area contributed by atoms with Gasteiger partial charge in [-0.15, -0.1) is 0 Å². The summed E-state index contributed by atoms with van der Waals surface area (Å²) in [7, 11) is -2.42. The van der Waals surface area contributed by atoms with Gasteiger partial charge in [0.1, 0.15) is 5.75 Å². The van der Waals surface area contributed by atoms with Gasteiger partial charge in [0, 0.05) is 18.3 Å². The zero-order valence-electron chi connectivity index (χ0n) is 15.8. The summed E-state index contributed by atoms with van der Waals surface area (Å²) in [6.07, 6.45) is 0. The Balaban J connectivity index is 1.81. The second-order valence-corrected chi connectivity index (χ2v) is 8.17. The highest BCUT2D eigenvalue weighted by molar-refractivity contribution is 7.92. The molecule has 0 radical (unpaired) electrons. The zero-order valence-corrected chi connectivity index (χ0v) is 16.6. The van der Waals surface area contributed by atoms with Crippen LogP contribution in [0.4, 0.5) is 20.2 Å². The van der Waals surface area contributed by atoms with E-state index in [0.717, 1.165) is 4.31 Å². The molecule has 3 rings (SSSR count). The fourth-order valence-electron chi connectivity index (χ4n) is 2.69. The molecule has 0 aliphatic rings. The van der Waals surface area contributed by atoms with Crippen LogP contribution in [0, 0.1) is 0 Å². The van der Waals surface area contributed by atoms with Gasteiger partial charge in [0.2, 0.25) is 0 Å². The summed E-state index contributed by atoms with van der Waals surface area (Å²) in [6, 6.07) is 19.6. The monoisotopic (exact) mass is 432 g/mol. The molecule has 1 amide bonds. The molecule has 0 unspecified atom stereocenters. The van der Waals surface area contributed by atoms with E-state index in [0.29, 0.717) is 5.69 Å². The minimum atomic E-state index is -3.86. The van der Waals surface area contributed by atoms with E-state index in [-0.39, 0.29) is 21.9 Å². The van der Waals surface area contributed by atoms with Gasteiger partial charge in [-0.3, -0.25) is 9.10 Å². The van der Waals surface area contributed by atoms with E-state index in [1.165, 1.54) is 55.6 Å². The number of nitrogens with one attached hydrogen (secondary N) is 1. The Morgan fingerprint density at radius 3 is 2.37 bits per heavy atom. The van der Waals surface area contributed by atoms with Crippen LogP contribution in [-0.2, 0) is 10.0 Å². The standard InChI is InChI=1S/C21H18F2N2O4S/c1-25(17-9-3-2-4-10-17)30(27,28)19-12-6-8-16(14-19)24-20(26)15-7-5-11-18(13-15)29-21(22)23/h2-14,21H,1H3,(H,24,26).